The molecule has 1 aromatic heterocycles. The van der Waals surface area contributed by atoms with E-state index in [4.69, 9.17) is 5.11 Å². The van der Waals surface area contributed by atoms with Crippen LogP contribution in [-0.2, 0) is 14.4 Å². The van der Waals surface area contributed by atoms with Crippen molar-refractivity contribution in [2.24, 2.45) is 0 Å². The molecule has 0 saturated carbocycles. The van der Waals surface area contributed by atoms with Gasteiger partial charge in [0.05, 0.1) is 0 Å². The quantitative estimate of drug-likeness (QED) is 0.403. The van der Waals surface area contributed by atoms with Crippen LogP contribution in [-0.4, -0.2) is 59.7 Å². The summed E-state index contributed by atoms with van der Waals surface area (Å²) < 4.78 is 13.5. The van der Waals surface area contributed by atoms with Gasteiger partial charge in [0.25, 0.3) is 0 Å². The van der Waals surface area contributed by atoms with Crippen molar-refractivity contribution in [2.45, 2.75) is 22.8 Å². The number of carboxylic acids is 1. The molecule has 0 radical (unpaired) electrons. The summed E-state index contributed by atoms with van der Waals surface area (Å²) in [4.78, 5) is 51.8. The van der Waals surface area contributed by atoms with Crippen LogP contribution in [0.1, 0.15) is 17.6 Å². The van der Waals surface area contributed by atoms with E-state index in [1.807, 2.05) is 28.1 Å². The molecule has 0 aliphatic heterocycles. The number of carboxylic acid groups (broad SMARTS) is 1. The molecule has 1 unspecified atom stereocenters. The van der Waals surface area contributed by atoms with Gasteiger partial charge in [-0.15, -0.1) is 0 Å². The summed E-state index contributed by atoms with van der Waals surface area (Å²) in [5.41, 5.74) is 0.732. The topological polar surface area (TPSA) is 105 Å². The van der Waals surface area contributed by atoms with Gasteiger partial charge in [-0.05, 0) is 0 Å². The Balaban J connectivity index is 2.17. The maximum atomic E-state index is 12.8. The fourth-order valence-electron chi connectivity index (χ4n) is 2.77. The normalized spacial score (nSPS) is 13.6. The number of carbonyl (C=O) groups excluding carboxylic acids is 3. The molecular formula is C19H22FIN2O5. The van der Waals surface area contributed by atoms with Gasteiger partial charge >= 0.3 is 169 Å². The summed E-state index contributed by atoms with van der Waals surface area (Å²) in [6.07, 6.45) is 0.886. The number of aliphatic carboxylic acids is 1. The van der Waals surface area contributed by atoms with Crippen molar-refractivity contribution in [3.8, 4) is 0 Å². The zero-order chi connectivity index (χ0) is 20.8. The number of rotatable bonds is 9. The molecule has 2 N–H and O–H groups in total. The number of alkyl halides is 4. The summed E-state index contributed by atoms with van der Waals surface area (Å²) in [5, 5.41) is 12.1. The summed E-state index contributed by atoms with van der Waals surface area (Å²) in [5.74, 6) is -3.15. The van der Waals surface area contributed by atoms with E-state index >= 15 is 0 Å². The van der Waals surface area contributed by atoms with Crippen molar-refractivity contribution in [1.82, 2.24) is 9.88 Å². The number of carbonyl (C=O) groups is 4. The number of halogens is 2. The Labute approximate surface area is 168 Å². The number of fused-ring (bicyclic) bond motifs is 1. The molecular weight excluding hydrogens is 482 g/mol. The number of aromatic nitrogens is 1. The van der Waals surface area contributed by atoms with Crippen molar-refractivity contribution in [3.63, 3.8) is 0 Å². The van der Waals surface area contributed by atoms with Gasteiger partial charge in [-0.2, -0.15) is 0 Å². The van der Waals surface area contributed by atoms with Crippen LogP contribution in [0.2, 0.25) is 0 Å². The Hall–Kier alpha value is -2.30. The van der Waals surface area contributed by atoms with E-state index in [0.29, 0.717) is 0 Å². The summed E-state index contributed by atoms with van der Waals surface area (Å²) in [6, 6.07) is 7.73. The number of benzene rings is 1. The first kappa shape index (κ1) is 22.0. The molecule has 0 bridgehead atoms. The number of hydrogen-bond donors (Lipinski definition) is 2. The number of ketones is 1. The van der Waals surface area contributed by atoms with E-state index in [9.17, 15) is 23.6 Å². The third kappa shape index (κ3) is 5.37. The molecule has 2 rings (SSSR count). The third-order valence-electron chi connectivity index (χ3n) is 4.25. The predicted octanol–water partition coefficient (Wildman–Crippen LogP) is 2.30. The average Bonchev–Trinajstić information content (AvgIpc) is 3.08. The molecule has 2 aromatic rings. The van der Waals surface area contributed by atoms with Crippen LogP contribution in [0.5, 0.6) is 0 Å². The number of amides is 1. The van der Waals surface area contributed by atoms with Crippen LogP contribution in [0.3, 0.4) is 0 Å². The van der Waals surface area contributed by atoms with Crippen LogP contribution in [0.25, 0.3) is 10.9 Å². The van der Waals surface area contributed by atoms with Gasteiger partial charge in [0.1, 0.15) is 0 Å². The van der Waals surface area contributed by atoms with Crippen LogP contribution < -0.4 is 5.32 Å². The molecule has 7 nitrogen and oxygen atoms in total. The van der Waals surface area contributed by atoms with Crippen molar-refractivity contribution in [2.75, 3.05) is 16.5 Å². The first-order chi connectivity index (χ1) is 13.2. The van der Waals surface area contributed by atoms with Crippen molar-refractivity contribution >= 4 is 54.3 Å². The second-order valence-electron chi connectivity index (χ2n) is 6.38. The Morgan fingerprint density at radius 2 is 1.82 bits per heavy atom. The van der Waals surface area contributed by atoms with Crippen molar-refractivity contribution in [3.05, 3.63) is 36.5 Å². The molecule has 0 aliphatic carbocycles. The molecule has 1 amide bonds. The number of hydrogen-bond acceptors (Lipinski definition) is 4. The average molecular weight is 504 g/mol. The molecule has 1 aromatic carbocycles. The minimum absolute atomic E-state index is 0.0635. The molecule has 1 heterocycles. The SMILES string of the molecule is CI(C)[C@H](CC(=O)n1ccc2ccccc21)C(=O)NC(CC(=O)O)C(=O)CF. The van der Waals surface area contributed by atoms with E-state index in [-0.39, 0.29) is 12.3 Å². The van der Waals surface area contributed by atoms with E-state index in [1.165, 1.54) is 4.57 Å². The molecule has 28 heavy (non-hydrogen) atoms. The van der Waals surface area contributed by atoms with Gasteiger partial charge in [0.2, 0.25) is 0 Å². The van der Waals surface area contributed by atoms with Gasteiger partial charge in [-0.25, -0.2) is 0 Å². The van der Waals surface area contributed by atoms with Crippen LogP contribution >= 0.6 is 19.8 Å². The van der Waals surface area contributed by atoms with Crippen molar-refractivity contribution in [1.29, 1.82) is 0 Å². The summed E-state index contributed by atoms with van der Waals surface area (Å²) in [6.45, 7) is -1.36. The molecule has 0 spiro atoms. The van der Waals surface area contributed by atoms with Crippen LogP contribution in [0.15, 0.2) is 36.5 Å². The molecule has 0 aliphatic rings. The molecule has 152 valence electrons. The van der Waals surface area contributed by atoms with Crippen molar-refractivity contribution < 1.29 is 28.7 Å². The fraction of sp³-hybridized carbons (Fsp3) is 0.368. The predicted molar refractivity (Wildman–Crippen MR) is 112 cm³/mol. The summed E-state index contributed by atoms with van der Waals surface area (Å²) >= 11 is -1.88. The fourth-order valence-corrected chi connectivity index (χ4v) is 5.34. The monoisotopic (exact) mass is 504 g/mol. The third-order valence-corrected chi connectivity index (χ3v) is 8.26. The number of nitrogens with one attached hydrogen (secondary N) is 1. The standard InChI is InChI=1S/C19H22FIN2O5/c1-21(2)13(19(28)22-14(10-18(26)27)16(24)11-20)9-17(25)23-8-7-12-5-3-4-6-15(12)23/h3-8,13-14H,9-11H2,1-2H3,(H,22,28)(H,26,27)/t13-,14?/m1/s1. The van der Waals surface area contributed by atoms with E-state index < -0.39 is 60.5 Å². The number of para-hydroxylation sites is 1. The van der Waals surface area contributed by atoms with E-state index in [0.717, 1.165) is 10.9 Å². The zero-order valence-electron chi connectivity index (χ0n) is 15.5. The molecule has 0 saturated heterocycles. The van der Waals surface area contributed by atoms with Gasteiger partial charge in [0, 0.05) is 0 Å². The van der Waals surface area contributed by atoms with E-state index in [1.54, 1.807) is 18.3 Å². The number of nitrogens with zero attached hydrogens (tertiary/aromatic N) is 1. The first-order valence-electron chi connectivity index (χ1n) is 8.43. The van der Waals surface area contributed by atoms with Crippen LogP contribution in [0.4, 0.5) is 4.39 Å². The first-order valence-corrected chi connectivity index (χ1v) is 14.0. The van der Waals surface area contributed by atoms with Gasteiger partial charge in [-0.3, -0.25) is 0 Å². The zero-order valence-corrected chi connectivity index (χ0v) is 17.7. The maximum absolute atomic E-state index is 12.8. The van der Waals surface area contributed by atoms with E-state index in [2.05, 4.69) is 5.32 Å². The van der Waals surface area contributed by atoms with Gasteiger partial charge < -0.3 is 0 Å². The number of Topliss-reactive ketones (excluding diaryl/α,β-unsaturated/α-hetero) is 1. The van der Waals surface area contributed by atoms with Gasteiger partial charge in [-0.1, -0.05) is 0 Å². The van der Waals surface area contributed by atoms with Crippen LogP contribution in [0, 0.1) is 0 Å². The Bertz CT molecular complexity index is 895. The minimum atomic E-state index is -1.88. The second-order valence-corrected chi connectivity index (χ2v) is 12.5. The molecule has 0 fully saturated rings. The second kappa shape index (κ2) is 9.76. The molecule has 9 heteroatoms. The Morgan fingerprint density at radius 1 is 1.14 bits per heavy atom. The molecule has 2 atom stereocenters. The Morgan fingerprint density at radius 3 is 2.43 bits per heavy atom. The van der Waals surface area contributed by atoms with Gasteiger partial charge in [0.15, 0.2) is 0 Å². The Kier molecular flexibility index (Phi) is 7.67. The summed E-state index contributed by atoms with van der Waals surface area (Å²) in [7, 11) is 0.